The number of carbonyl (C=O) groups excluding carboxylic acids is 2. The average molecular weight is 518 g/mol. The normalized spacial score (nSPS) is 10.9. The van der Waals surface area contributed by atoms with Crippen molar-refractivity contribution in [2.45, 2.75) is 27.7 Å². The van der Waals surface area contributed by atoms with Crippen LogP contribution in [0.5, 0.6) is 11.5 Å². The highest BCUT2D eigenvalue weighted by Crippen LogP contribution is 2.37. The molecule has 7 nitrogen and oxygen atoms in total. The highest BCUT2D eigenvalue weighted by atomic mass is 35.5. The number of ether oxygens (including phenoxy) is 2. The van der Waals surface area contributed by atoms with Crippen molar-refractivity contribution < 1.29 is 19.1 Å². The van der Waals surface area contributed by atoms with Crippen LogP contribution >= 0.6 is 11.6 Å². The Bertz CT molecular complexity index is 1420. The minimum absolute atomic E-state index is 0.111. The van der Waals surface area contributed by atoms with Gasteiger partial charge in [-0.05, 0) is 74.7 Å². The molecule has 3 rings (SSSR count). The molecule has 190 valence electrons. The monoisotopic (exact) mass is 517 g/mol. The molecule has 0 aliphatic rings. The van der Waals surface area contributed by atoms with E-state index in [1.807, 2.05) is 64.1 Å². The van der Waals surface area contributed by atoms with Gasteiger partial charge in [0, 0.05) is 11.4 Å². The number of carbonyl (C=O) groups is 2. The van der Waals surface area contributed by atoms with Crippen molar-refractivity contribution in [1.29, 1.82) is 5.26 Å². The predicted octanol–water partition coefficient (Wildman–Crippen LogP) is 6.15. The molecule has 0 fully saturated rings. The molecular formula is C29H28ClN3O4. The summed E-state index contributed by atoms with van der Waals surface area (Å²) in [7, 11) is 1.43. The summed E-state index contributed by atoms with van der Waals surface area (Å²) in [5.74, 6) is -0.475. The molecule has 8 heteroatoms. The summed E-state index contributed by atoms with van der Waals surface area (Å²) < 4.78 is 11.1. The van der Waals surface area contributed by atoms with Gasteiger partial charge < -0.3 is 20.1 Å². The third-order valence-electron chi connectivity index (χ3n) is 5.56. The Labute approximate surface area is 221 Å². The van der Waals surface area contributed by atoms with Gasteiger partial charge in [0.2, 0.25) is 0 Å². The first kappa shape index (κ1) is 27.3. The zero-order valence-corrected chi connectivity index (χ0v) is 22.1. The number of nitriles is 1. The third kappa shape index (κ3) is 7.12. The Morgan fingerprint density at radius 2 is 1.54 bits per heavy atom. The molecule has 0 heterocycles. The fourth-order valence-electron chi connectivity index (χ4n) is 3.70. The Hall–Kier alpha value is -4.28. The van der Waals surface area contributed by atoms with Gasteiger partial charge in [-0.25, -0.2) is 0 Å². The van der Waals surface area contributed by atoms with E-state index in [0.29, 0.717) is 16.9 Å². The molecule has 0 radical (unpaired) electrons. The van der Waals surface area contributed by atoms with Gasteiger partial charge in [0.25, 0.3) is 11.8 Å². The van der Waals surface area contributed by atoms with E-state index in [2.05, 4.69) is 10.6 Å². The molecule has 0 unspecified atom stereocenters. The van der Waals surface area contributed by atoms with Crippen LogP contribution in [0.4, 0.5) is 11.4 Å². The molecule has 3 aromatic rings. The second-order valence-electron chi connectivity index (χ2n) is 8.63. The second kappa shape index (κ2) is 12.1. The molecule has 0 aromatic heterocycles. The molecule has 37 heavy (non-hydrogen) atoms. The van der Waals surface area contributed by atoms with Gasteiger partial charge in [-0.15, -0.1) is 0 Å². The van der Waals surface area contributed by atoms with Gasteiger partial charge >= 0.3 is 0 Å². The molecular weight excluding hydrogens is 490 g/mol. The molecule has 0 atom stereocenters. The van der Waals surface area contributed by atoms with E-state index in [9.17, 15) is 14.9 Å². The van der Waals surface area contributed by atoms with Crippen molar-refractivity contribution >= 4 is 40.9 Å². The van der Waals surface area contributed by atoms with Crippen molar-refractivity contribution in [3.63, 3.8) is 0 Å². The van der Waals surface area contributed by atoms with Crippen LogP contribution in [0.2, 0.25) is 5.02 Å². The quantitative estimate of drug-likeness (QED) is 0.276. The Kier molecular flexibility index (Phi) is 8.94. The molecule has 0 spiro atoms. The fraction of sp³-hybridized carbons (Fsp3) is 0.207. The lowest BCUT2D eigenvalue weighted by Gasteiger charge is -2.14. The highest BCUT2D eigenvalue weighted by Gasteiger charge is 2.16. The number of halogens is 1. The predicted molar refractivity (Wildman–Crippen MR) is 146 cm³/mol. The van der Waals surface area contributed by atoms with Crippen LogP contribution in [0.1, 0.15) is 27.8 Å². The van der Waals surface area contributed by atoms with Crippen LogP contribution in [0.3, 0.4) is 0 Å². The van der Waals surface area contributed by atoms with Gasteiger partial charge in [0.05, 0.1) is 12.1 Å². The minimum Gasteiger partial charge on any atom is -0.493 e. The lowest BCUT2D eigenvalue weighted by Crippen LogP contribution is -2.21. The smallest absolute Gasteiger partial charge is 0.266 e. The van der Waals surface area contributed by atoms with Crippen molar-refractivity contribution in [3.8, 4) is 17.6 Å². The highest BCUT2D eigenvalue weighted by molar-refractivity contribution is 6.32. The number of hydrogen-bond donors (Lipinski definition) is 2. The number of rotatable bonds is 8. The topological polar surface area (TPSA) is 100 Å². The largest absolute Gasteiger partial charge is 0.493 e. The first-order valence-electron chi connectivity index (χ1n) is 11.5. The van der Waals surface area contributed by atoms with Gasteiger partial charge in [-0.1, -0.05) is 47.0 Å². The van der Waals surface area contributed by atoms with E-state index in [4.69, 9.17) is 21.1 Å². The van der Waals surface area contributed by atoms with Crippen molar-refractivity contribution in [1.82, 2.24) is 0 Å². The van der Waals surface area contributed by atoms with E-state index in [-0.39, 0.29) is 34.6 Å². The van der Waals surface area contributed by atoms with Gasteiger partial charge in [-0.3, -0.25) is 9.59 Å². The Balaban J connectivity index is 1.75. The number of benzene rings is 3. The number of anilines is 2. The van der Waals surface area contributed by atoms with Gasteiger partial charge in [0.1, 0.15) is 11.6 Å². The molecule has 0 saturated heterocycles. The first-order chi connectivity index (χ1) is 17.6. The standard InChI is InChI=1S/C29H28ClN3O4/c1-17-6-8-24(19(3)10-17)32-27(34)16-37-28-23(30)13-21(14-26(28)36-5)12-22(15-31)29(35)33-25-9-7-18(2)11-20(25)4/h6-14H,16H2,1-5H3,(H,32,34)(H,33,35)/b22-12+. The minimum atomic E-state index is -0.548. The summed E-state index contributed by atoms with van der Waals surface area (Å²) in [6.07, 6.45) is 1.41. The molecule has 2 N–H and O–H groups in total. The average Bonchev–Trinajstić information content (AvgIpc) is 2.84. The summed E-state index contributed by atoms with van der Waals surface area (Å²) in [6.45, 7) is 7.44. The maximum absolute atomic E-state index is 12.7. The molecule has 0 aliphatic heterocycles. The lowest BCUT2D eigenvalue weighted by molar-refractivity contribution is -0.118. The van der Waals surface area contributed by atoms with Gasteiger partial charge in [-0.2, -0.15) is 5.26 Å². The Morgan fingerprint density at radius 1 is 0.946 bits per heavy atom. The Morgan fingerprint density at radius 3 is 2.08 bits per heavy atom. The number of amides is 2. The van der Waals surface area contributed by atoms with Crippen LogP contribution in [-0.4, -0.2) is 25.5 Å². The van der Waals surface area contributed by atoms with E-state index < -0.39 is 5.91 Å². The second-order valence-corrected chi connectivity index (χ2v) is 9.04. The first-order valence-corrected chi connectivity index (χ1v) is 11.9. The SMILES string of the molecule is COc1cc(/C=C(\C#N)C(=O)Nc2ccc(C)cc2C)cc(Cl)c1OCC(=O)Nc1ccc(C)cc1C. The number of aryl methyl sites for hydroxylation is 4. The van der Waals surface area contributed by atoms with E-state index in [1.54, 1.807) is 12.1 Å². The summed E-state index contributed by atoms with van der Waals surface area (Å²) >= 11 is 6.42. The third-order valence-corrected chi connectivity index (χ3v) is 5.84. The zero-order valence-electron chi connectivity index (χ0n) is 21.4. The number of methoxy groups -OCH3 is 1. The summed E-state index contributed by atoms with van der Waals surface area (Å²) in [6, 6.07) is 16.4. The number of nitrogens with one attached hydrogen (secondary N) is 2. The van der Waals surface area contributed by atoms with E-state index in [0.717, 1.165) is 22.3 Å². The van der Waals surface area contributed by atoms with Crippen molar-refractivity contribution in [2.75, 3.05) is 24.4 Å². The van der Waals surface area contributed by atoms with Crippen molar-refractivity contribution in [2.24, 2.45) is 0 Å². The number of hydrogen-bond acceptors (Lipinski definition) is 5. The maximum atomic E-state index is 12.7. The summed E-state index contributed by atoms with van der Waals surface area (Å²) in [4.78, 5) is 25.2. The summed E-state index contributed by atoms with van der Waals surface area (Å²) in [5.41, 5.74) is 5.66. The molecule has 0 bridgehead atoms. The van der Waals surface area contributed by atoms with Crippen LogP contribution in [0.25, 0.3) is 6.08 Å². The van der Waals surface area contributed by atoms with Crippen molar-refractivity contribution in [3.05, 3.63) is 86.9 Å². The lowest BCUT2D eigenvalue weighted by atomic mass is 10.1. The van der Waals surface area contributed by atoms with Crippen LogP contribution in [0, 0.1) is 39.0 Å². The van der Waals surface area contributed by atoms with E-state index in [1.165, 1.54) is 19.3 Å². The van der Waals surface area contributed by atoms with E-state index >= 15 is 0 Å². The van der Waals surface area contributed by atoms with Crippen LogP contribution < -0.4 is 20.1 Å². The van der Waals surface area contributed by atoms with Crippen LogP contribution in [-0.2, 0) is 9.59 Å². The maximum Gasteiger partial charge on any atom is 0.266 e. The fourth-order valence-corrected chi connectivity index (χ4v) is 3.97. The van der Waals surface area contributed by atoms with Crippen LogP contribution in [0.15, 0.2) is 54.1 Å². The van der Waals surface area contributed by atoms with Gasteiger partial charge in [0.15, 0.2) is 18.1 Å². The molecule has 0 saturated carbocycles. The molecule has 0 aliphatic carbocycles. The molecule has 2 amide bonds. The number of nitrogens with zero attached hydrogens (tertiary/aromatic N) is 1. The zero-order chi connectivity index (χ0) is 27.1. The molecule has 3 aromatic carbocycles. The summed E-state index contributed by atoms with van der Waals surface area (Å²) in [5, 5.41) is 15.3.